The van der Waals surface area contributed by atoms with Gasteiger partial charge in [0.05, 0.1) is 18.5 Å². The molecule has 4 rings (SSSR count). The molecule has 2 aliphatic rings. The first-order valence-corrected chi connectivity index (χ1v) is 14.0. The van der Waals surface area contributed by atoms with Gasteiger partial charge in [-0.3, -0.25) is 4.90 Å². The molecule has 1 aliphatic carbocycles. The van der Waals surface area contributed by atoms with E-state index in [1.807, 2.05) is 29.8 Å². The molecule has 6 nitrogen and oxygen atoms in total. The Hall–Kier alpha value is -1.56. The highest BCUT2D eigenvalue weighted by atomic mass is 35.5. The number of morpholine rings is 1. The maximum atomic E-state index is 11.9. The molecule has 0 amide bonds. The van der Waals surface area contributed by atoms with Crippen LogP contribution in [0.25, 0.3) is 0 Å². The standard InChI is InChI=1S/C25H32ClN3O3S.ClH/c1-28-14-20(12-23(28)13-27)19-5-9-22(10-6-19)29-15-25(17-33(2,30)31)32-16-24(29)11-18-3-7-21(26)8-4-18;/h3-4,7-8,12,14,19,22,24-25H,5-6,9-11,15-17H2,1-2H3;1H/t19?,22?,24-,25+;/m0./s1. The highest BCUT2D eigenvalue weighted by Crippen LogP contribution is 2.37. The first-order chi connectivity index (χ1) is 15.7. The molecule has 1 saturated carbocycles. The van der Waals surface area contributed by atoms with Crippen LogP contribution in [0.4, 0.5) is 0 Å². The molecule has 2 aromatic rings. The predicted octanol–water partition coefficient (Wildman–Crippen LogP) is 4.35. The number of nitriles is 1. The maximum Gasteiger partial charge on any atom is 0.150 e. The minimum Gasteiger partial charge on any atom is -0.374 e. The predicted molar refractivity (Wildman–Crippen MR) is 137 cm³/mol. The Labute approximate surface area is 214 Å². The second-order valence-electron chi connectivity index (χ2n) is 9.62. The van der Waals surface area contributed by atoms with Crippen molar-refractivity contribution in [2.24, 2.45) is 7.05 Å². The second-order valence-corrected chi connectivity index (χ2v) is 12.2. The van der Waals surface area contributed by atoms with Crippen LogP contribution in [0.5, 0.6) is 0 Å². The number of ether oxygens (including phenoxy) is 1. The van der Waals surface area contributed by atoms with Gasteiger partial charge >= 0.3 is 0 Å². The van der Waals surface area contributed by atoms with Crippen LogP contribution in [0, 0.1) is 11.3 Å². The van der Waals surface area contributed by atoms with Gasteiger partial charge in [-0.15, -0.1) is 12.4 Å². The van der Waals surface area contributed by atoms with Crippen molar-refractivity contribution in [2.45, 2.75) is 56.2 Å². The maximum absolute atomic E-state index is 11.9. The summed E-state index contributed by atoms with van der Waals surface area (Å²) < 4.78 is 31.7. The SMILES string of the molecule is Cl.Cn1cc(C2CCC(N3C[C@H](CS(C)(=O)=O)OC[C@@H]3Cc3ccc(Cl)cc3)CC2)cc1C#N. The average molecular weight is 527 g/mol. The molecule has 0 N–H and O–H groups in total. The van der Waals surface area contributed by atoms with Crippen LogP contribution in [0.1, 0.15) is 48.4 Å². The van der Waals surface area contributed by atoms with Gasteiger partial charge in [-0.1, -0.05) is 23.7 Å². The van der Waals surface area contributed by atoms with Gasteiger partial charge in [-0.05, 0) is 67.3 Å². The van der Waals surface area contributed by atoms with E-state index in [9.17, 15) is 13.7 Å². The van der Waals surface area contributed by atoms with E-state index in [2.05, 4.69) is 29.3 Å². The van der Waals surface area contributed by atoms with Crippen molar-refractivity contribution in [1.82, 2.24) is 9.47 Å². The van der Waals surface area contributed by atoms with Crippen LogP contribution in [0.15, 0.2) is 36.5 Å². The molecule has 186 valence electrons. The molecule has 2 atom stereocenters. The van der Waals surface area contributed by atoms with Gasteiger partial charge in [0.25, 0.3) is 0 Å². The quantitative estimate of drug-likeness (QED) is 0.560. The monoisotopic (exact) mass is 525 g/mol. The summed E-state index contributed by atoms with van der Waals surface area (Å²) in [4.78, 5) is 2.51. The van der Waals surface area contributed by atoms with E-state index in [1.165, 1.54) is 17.4 Å². The smallest absolute Gasteiger partial charge is 0.150 e. The molecule has 2 fully saturated rings. The fourth-order valence-corrected chi connectivity index (χ4v) is 6.40. The van der Waals surface area contributed by atoms with Crippen LogP contribution < -0.4 is 0 Å². The molecule has 1 aliphatic heterocycles. The Morgan fingerprint density at radius 1 is 1.18 bits per heavy atom. The van der Waals surface area contributed by atoms with Crippen LogP contribution in [-0.4, -0.2) is 61.2 Å². The summed E-state index contributed by atoms with van der Waals surface area (Å²) in [5.74, 6) is 0.533. The normalized spacial score (nSPS) is 25.9. The van der Waals surface area contributed by atoms with Crippen LogP contribution in [0.2, 0.25) is 5.02 Å². The number of sulfone groups is 1. The summed E-state index contributed by atoms with van der Waals surface area (Å²) in [6, 6.07) is 12.8. The number of aromatic nitrogens is 1. The van der Waals surface area contributed by atoms with E-state index in [-0.39, 0.29) is 30.3 Å². The van der Waals surface area contributed by atoms with Crippen LogP contribution >= 0.6 is 24.0 Å². The fraction of sp³-hybridized carbons (Fsp3) is 0.560. The fourth-order valence-electron chi connectivity index (χ4n) is 5.40. The highest BCUT2D eigenvalue weighted by molar-refractivity contribution is 7.90. The molecule has 0 bridgehead atoms. The number of halogens is 2. The number of nitrogens with zero attached hydrogens (tertiary/aromatic N) is 3. The topological polar surface area (TPSA) is 75.3 Å². The Bertz CT molecular complexity index is 1100. The minimum absolute atomic E-state index is 0. The molecule has 2 heterocycles. The zero-order chi connectivity index (χ0) is 23.6. The van der Waals surface area contributed by atoms with Gasteiger partial charge < -0.3 is 9.30 Å². The third kappa shape index (κ3) is 6.77. The molecule has 34 heavy (non-hydrogen) atoms. The van der Waals surface area contributed by atoms with Gasteiger partial charge in [-0.25, -0.2) is 8.42 Å². The van der Waals surface area contributed by atoms with E-state index >= 15 is 0 Å². The zero-order valence-corrected chi connectivity index (χ0v) is 22.1. The lowest BCUT2D eigenvalue weighted by atomic mass is 9.81. The summed E-state index contributed by atoms with van der Waals surface area (Å²) in [5, 5.41) is 10.00. The summed E-state index contributed by atoms with van der Waals surface area (Å²) in [7, 11) is -1.18. The molecular weight excluding hydrogens is 493 g/mol. The number of aryl methyl sites for hydroxylation is 1. The minimum atomic E-state index is -3.10. The van der Waals surface area contributed by atoms with E-state index in [1.54, 1.807) is 0 Å². The zero-order valence-electron chi connectivity index (χ0n) is 19.7. The summed E-state index contributed by atoms with van der Waals surface area (Å²) in [5.41, 5.74) is 3.16. The molecule has 1 aromatic heterocycles. The van der Waals surface area contributed by atoms with Gasteiger partial charge in [0.1, 0.15) is 21.6 Å². The summed E-state index contributed by atoms with van der Waals surface area (Å²) in [6.45, 7) is 1.18. The molecule has 0 unspecified atom stereocenters. The number of rotatable bonds is 6. The van der Waals surface area contributed by atoms with Crippen molar-refractivity contribution >= 4 is 33.8 Å². The Balaban J connectivity index is 0.00000324. The summed E-state index contributed by atoms with van der Waals surface area (Å²) >= 11 is 6.06. The van der Waals surface area contributed by atoms with Crippen LogP contribution in [-0.2, 0) is 28.0 Å². The van der Waals surface area contributed by atoms with Crippen molar-refractivity contribution in [3.63, 3.8) is 0 Å². The largest absolute Gasteiger partial charge is 0.374 e. The van der Waals surface area contributed by atoms with Gasteiger partial charge in [0.2, 0.25) is 0 Å². The highest BCUT2D eigenvalue weighted by Gasteiger charge is 2.37. The Morgan fingerprint density at radius 2 is 1.85 bits per heavy atom. The van der Waals surface area contributed by atoms with E-state index in [4.69, 9.17) is 16.3 Å². The number of hydrogen-bond donors (Lipinski definition) is 0. The second kappa shape index (κ2) is 11.5. The third-order valence-corrected chi connectivity index (χ3v) is 8.29. The average Bonchev–Trinajstić information content (AvgIpc) is 3.16. The first kappa shape index (κ1) is 27.0. The van der Waals surface area contributed by atoms with E-state index < -0.39 is 9.84 Å². The van der Waals surface area contributed by atoms with Gasteiger partial charge in [0, 0.05) is 43.2 Å². The van der Waals surface area contributed by atoms with Crippen molar-refractivity contribution in [3.05, 3.63) is 58.4 Å². The lowest BCUT2D eigenvalue weighted by Gasteiger charge is -2.46. The lowest BCUT2D eigenvalue weighted by molar-refractivity contribution is -0.0755. The van der Waals surface area contributed by atoms with Gasteiger partial charge in [-0.2, -0.15) is 5.26 Å². The van der Waals surface area contributed by atoms with E-state index in [0.29, 0.717) is 30.8 Å². The number of benzene rings is 1. The van der Waals surface area contributed by atoms with Crippen molar-refractivity contribution in [2.75, 3.05) is 25.2 Å². The molecule has 0 radical (unpaired) electrons. The molecular formula is C25H33Cl2N3O3S. The molecule has 9 heteroatoms. The lowest BCUT2D eigenvalue weighted by Crippen LogP contribution is -2.56. The Morgan fingerprint density at radius 3 is 2.44 bits per heavy atom. The van der Waals surface area contributed by atoms with Crippen molar-refractivity contribution in [1.29, 1.82) is 5.26 Å². The first-order valence-electron chi connectivity index (χ1n) is 11.6. The number of hydrogen-bond acceptors (Lipinski definition) is 5. The van der Waals surface area contributed by atoms with Crippen molar-refractivity contribution in [3.8, 4) is 6.07 Å². The molecule has 1 aromatic carbocycles. The van der Waals surface area contributed by atoms with Gasteiger partial charge in [0.15, 0.2) is 0 Å². The summed E-state index contributed by atoms with van der Waals surface area (Å²) in [6.07, 6.45) is 8.20. The Kier molecular flexibility index (Phi) is 9.10. The third-order valence-electron chi connectivity index (χ3n) is 7.06. The van der Waals surface area contributed by atoms with Crippen LogP contribution in [0.3, 0.4) is 0 Å². The molecule has 1 saturated heterocycles. The van der Waals surface area contributed by atoms with E-state index in [0.717, 1.165) is 37.1 Å². The van der Waals surface area contributed by atoms with Crippen molar-refractivity contribution < 1.29 is 13.2 Å². The molecule has 0 spiro atoms.